The molecule has 10 nitrogen and oxygen atoms in total. The van der Waals surface area contributed by atoms with Crippen molar-refractivity contribution in [3.05, 3.63) is 118 Å². The van der Waals surface area contributed by atoms with Crippen LogP contribution in [0.1, 0.15) is 107 Å². The average Bonchev–Trinajstić information content (AvgIpc) is 3.24. The van der Waals surface area contributed by atoms with Gasteiger partial charge in [-0.2, -0.15) is 26.3 Å². The van der Waals surface area contributed by atoms with Crippen LogP contribution in [0.3, 0.4) is 0 Å². The van der Waals surface area contributed by atoms with Gasteiger partial charge in [0.2, 0.25) is 0 Å². The predicted molar refractivity (Wildman–Crippen MR) is 249 cm³/mol. The Morgan fingerprint density at radius 3 is 1.49 bits per heavy atom. The van der Waals surface area contributed by atoms with Crippen LogP contribution in [0, 0.1) is 0 Å². The number of nitrogens with zero attached hydrogens (tertiary/aromatic N) is 2. The molecule has 0 radical (unpaired) electrons. The summed E-state index contributed by atoms with van der Waals surface area (Å²) in [5.41, 5.74) is 7.69. The van der Waals surface area contributed by atoms with Gasteiger partial charge in [-0.25, -0.2) is 0 Å². The highest BCUT2D eigenvalue weighted by atomic mass is 35.5. The van der Waals surface area contributed by atoms with E-state index in [0.29, 0.717) is 22.4 Å². The van der Waals surface area contributed by atoms with Crippen molar-refractivity contribution in [2.45, 2.75) is 89.8 Å². The quantitative estimate of drug-likeness (QED) is 0.0526. The molecule has 0 aliphatic carbocycles. The van der Waals surface area contributed by atoms with Gasteiger partial charge >= 0.3 is 12.4 Å². The number of aliphatic hydroxyl groups excluding tert-OH is 2. The third-order valence-electron chi connectivity index (χ3n) is 10.4. The molecule has 2 heterocycles. The first-order valence-corrected chi connectivity index (χ1v) is 22.0. The zero-order valence-corrected chi connectivity index (χ0v) is 38.1. The van der Waals surface area contributed by atoms with Crippen molar-refractivity contribution in [2.75, 3.05) is 61.2 Å². The summed E-state index contributed by atoms with van der Waals surface area (Å²) in [5.74, 6) is -0.549. The first-order valence-electron chi connectivity index (χ1n) is 21.2. The summed E-state index contributed by atoms with van der Waals surface area (Å²) >= 11 is 10.5. The largest absolute Gasteiger partial charge is 0.416 e. The number of benzene rings is 4. The van der Waals surface area contributed by atoms with Gasteiger partial charge in [-0.1, -0.05) is 74.9 Å². The minimum absolute atomic E-state index is 0.115. The summed E-state index contributed by atoms with van der Waals surface area (Å²) < 4.78 is 82.1. The number of nitrogen functional groups attached to an aromatic ring is 1. The number of hydrogen-bond acceptors (Lipinski definition) is 9. The average molecular weight is 955 g/mol. The number of methoxy groups -OCH3 is 1. The molecular weight excluding hydrogens is 896 g/mol. The molecule has 2 aliphatic heterocycles. The van der Waals surface area contributed by atoms with Crippen molar-refractivity contribution >= 4 is 62.8 Å². The number of anilines is 4. The smallest absolute Gasteiger partial charge is 0.397 e. The van der Waals surface area contributed by atoms with Gasteiger partial charge < -0.3 is 35.8 Å². The Balaban J connectivity index is 0.000000285. The zero-order valence-electron chi connectivity index (χ0n) is 36.5. The second-order valence-electron chi connectivity index (χ2n) is 15.2. The van der Waals surface area contributed by atoms with Crippen LogP contribution in [0.25, 0.3) is 0 Å². The lowest BCUT2D eigenvalue weighted by molar-refractivity contribution is -0.138. The molecule has 0 bridgehead atoms. The number of nitrogens with one attached hydrogen (secondary N) is 2. The molecule has 18 heteroatoms. The fraction of sp³-hybridized carbons (Fsp3) is 0.426. The van der Waals surface area contributed by atoms with Crippen molar-refractivity contribution in [3.63, 3.8) is 0 Å². The van der Waals surface area contributed by atoms with E-state index in [2.05, 4.69) is 25.2 Å². The minimum Gasteiger partial charge on any atom is -0.397 e. The molecule has 0 unspecified atom stereocenters. The Hall–Kier alpha value is -4.94. The Kier molecular flexibility index (Phi) is 23.0. The van der Waals surface area contributed by atoms with E-state index < -0.39 is 34.6 Å². The number of hydrogen-bond donors (Lipinski definition) is 5. The monoisotopic (exact) mass is 953 g/mol. The van der Waals surface area contributed by atoms with E-state index in [1.54, 1.807) is 62.8 Å². The number of halogens is 7. The molecule has 2 aliphatic rings. The molecule has 0 spiro atoms. The van der Waals surface area contributed by atoms with E-state index in [-0.39, 0.29) is 35.3 Å². The molecule has 4 aromatic carbocycles. The number of carbonyl (C=O) groups excluding carboxylic acids is 2. The number of alkyl halides is 6. The lowest BCUT2D eigenvalue weighted by Crippen LogP contribution is -2.35. The van der Waals surface area contributed by atoms with Crippen LogP contribution in [0.2, 0.25) is 0 Å². The molecule has 1 amide bonds. The van der Waals surface area contributed by atoms with E-state index >= 15 is 0 Å². The number of aliphatic hydroxyl groups is 2. The van der Waals surface area contributed by atoms with Crippen molar-refractivity contribution in [1.29, 1.82) is 0 Å². The standard InChI is InChI=1S/C23H26F3N3O2S.C14H19F3N2.C8H7ClO2.C2H6O/c24-23(25,26)17-10-11-20(29-12-6-2-1-3-7-13-29)19(14-17)27-22(32)28-21(31)18-9-5-4-8-16(18)15-30;15-14(16,17)11-6-7-13(12(18)10-11)19-8-4-2-1-3-5-9-19;9-8(11)7-4-2-1-3-6(7)5-10;1-3-2/h4-5,8-11,14,30H,1-3,6-7,12-13,15H2,(H2,27,28,31,32);6-7,10H,1-5,8-9,18H2;1-4,10H,5H2;1-2H3. The van der Waals surface area contributed by atoms with Gasteiger partial charge in [0.25, 0.3) is 11.1 Å². The van der Waals surface area contributed by atoms with Crippen LogP contribution >= 0.6 is 23.8 Å². The third-order valence-corrected chi connectivity index (χ3v) is 10.8. The van der Waals surface area contributed by atoms with E-state index in [1.807, 2.05) is 0 Å². The van der Waals surface area contributed by atoms with E-state index in [4.69, 9.17) is 34.7 Å². The molecule has 6 rings (SSSR count). The van der Waals surface area contributed by atoms with Crippen LogP contribution in [-0.4, -0.2) is 66.9 Å². The highest BCUT2D eigenvalue weighted by molar-refractivity contribution is 7.80. The number of amides is 1. The summed E-state index contributed by atoms with van der Waals surface area (Å²) in [5, 5.41) is 22.8. The maximum Gasteiger partial charge on any atom is 0.416 e. The van der Waals surface area contributed by atoms with Crippen LogP contribution < -0.4 is 26.2 Å². The Morgan fingerprint density at radius 1 is 0.662 bits per heavy atom. The molecule has 0 atom stereocenters. The highest BCUT2D eigenvalue weighted by Gasteiger charge is 2.32. The lowest BCUT2D eigenvalue weighted by Gasteiger charge is -2.29. The summed E-state index contributed by atoms with van der Waals surface area (Å²) in [7, 11) is 3.25. The first-order chi connectivity index (χ1) is 30.9. The van der Waals surface area contributed by atoms with Crippen molar-refractivity contribution < 1.29 is 50.9 Å². The zero-order chi connectivity index (χ0) is 48.0. The molecule has 0 aromatic heterocycles. The fourth-order valence-electron chi connectivity index (χ4n) is 7.14. The van der Waals surface area contributed by atoms with Gasteiger partial charge in [-0.15, -0.1) is 0 Å². The van der Waals surface area contributed by atoms with Crippen molar-refractivity contribution in [2.24, 2.45) is 0 Å². The van der Waals surface area contributed by atoms with Gasteiger partial charge in [0.15, 0.2) is 5.11 Å². The first kappa shape index (κ1) is 54.4. The number of thiocarbonyl (C=S) groups is 1. The molecule has 2 fully saturated rings. The summed E-state index contributed by atoms with van der Waals surface area (Å²) in [6.45, 7) is 2.74. The van der Waals surface area contributed by atoms with Crippen molar-refractivity contribution in [3.8, 4) is 0 Å². The van der Waals surface area contributed by atoms with Gasteiger partial charge in [0.05, 0.1) is 47.1 Å². The summed E-state index contributed by atoms with van der Waals surface area (Å²) in [6.07, 6.45) is 2.15. The van der Waals surface area contributed by atoms with Crippen LogP contribution in [0.5, 0.6) is 0 Å². The molecule has 4 aromatic rings. The minimum atomic E-state index is -4.50. The summed E-state index contributed by atoms with van der Waals surface area (Å²) in [6, 6.07) is 20.4. The fourth-order valence-corrected chi connectivity index (χ4v) is 7.52. The molecule has 0 saturated carbocycles. The van der Waals surface area contributed by atoms with Gasteiger partial charge in [-0.3, -0.25) is 14.9 Å². The summed E-state index contributed by atoms with van der Waals surface area (Å²) in [4.78, 5) is 27.4. The SMILES string of the molecule is COC.Nc1cc(C(F)(F)F)ccc1N1CCCCCCC1.O=C(Cl)c1ccccc1CO.O=C(NC(=S)Nc1cc(C(F)(F)F)ccc1N1CCCCCCC1)c1ccccc1CO. The second kappa shape index (κ2) is 27.5. The third kappa shape index (κ3) is 18.1. The number of carbonyl (C=O) groups is 2. The highest BCUT2D eigenvalue weighted by Crippen LogP contribution is 2.37. The normalized spacial score (nSPS) is 14.5. The molecular formula is C47H58ClF6N5O5S. The van der Waals surface area contributed by atoms with E-state index in [1.165, 1.54) is 31.4 Å². The Labute approximate surface area is 387 Å². The Bertz CT molecular complexity index is 2110. The topological polar surface area (TPSA) is 140 Å². The van der Waals surface area contributed by atoms with E-state index in [0.717, 1.165) is 101 Å². The van der Waals surface area contributed by atoms with Crippen LogP contribution in [0.4, 0.5) is 49.1 Å². The van der Waals surface area contributed by atoms with Gasteiger partial charge in [0.1, 0.15) is 0 Å². The molecule has 6 N–H and O–H groups in total. The predicted octanol–water partition coefficient (Wildman–Crippen LogP) is 11.0. The maximum atomic E-state index is 13.3. The lowest BCUT2D eigenvalue weighted by atomic mass is 10.1. The van der Waals surface area contributed by atoms with Crippen molar-refractivity contribution in [1.82, 2.24) is 5.32 Å². The molecule has 65 heavy (non-hydrogen) atoms. The van der Waals surface area contributed by atoms with Crippen LogP contribution in [-0.2, 0) is 30.3 Å². The molecule has 356 valence electrons. The number of ether oxygens (including phenoxy) is 1. The molecule has 2 saturated heterocycles. The van der Waals surface area contributed by atoms with Gasteiger partial charge in [0, 0.05) is 51.5 Å². The number of rotatable bonds is 7. The Morgan fingerprint density at radius 2 is 1.06 bits per heavy atom. The van der Waals surface area contributed by atoms with E-state index in [9.17, 15) is 41.0 Å². The van der Waals surface area contributed by atoms with Crippen LogP contribution in [0.15, 0.2) is 84.9 Å². The maximum absolute atomic E-state index is 13.3. The second-order valence-corrected chi connectivity index (χ2v) is 16.0. The number of nitrogens with two attached hydrogens (primary N) is 1. The van der Waals surface area contributed by atoms with Gasteiger partial charge in [-0.05, 0) is 109 Å².